The van der Waals surface area contributed by atoms with E-state index in [2.05, 4.69) is 33.6 Å². The van der Waals surface area contributed by atoms with Gasteiger partial charge in [-0.2, -0.15) is 4.98 Å². The van der Waals surface area contributed by atoms with Crippen LogP contribution in [0.5, 0.6) is 0 Å². The highest BCUT2D eigenvalue weighted by atomic mass is 32.1. The highest BCUT2D eigenvalue weighted by molar-refractivity contribution is 7.16. The van der Waals surface area contributed by atoms with Crippen LogP contribution in [0.3, 0.4) is 0 Å². The molecule has 0 saturated heterocycles. The van der Waals surface area contributed by atoms with E-state index < -0.39 is 0 Å². The summed E-state index contributed by atoms with van der Waals surface area (Å²) in [5, 5.41) is 15.6. The third-order valence-corrected chi connectivity index (χ3v) is 4.79. The number of fused-ring (bicyclic) bond motifs is 1. The molecule has 2 heterocycles. The molecule has 0 radical (unpaired) electrons. The molecule has 0 aliphatic heterocycles. The lowest BCUT2D eigenvalue weighted by molar-refractivity contribution is 0.282. The Labute approximate surface area is 129 Å². The fourth-order valence-corrected chi connectivity index (χ4v) is 3.46. The maximum atomic E-state index is 9.18. The minimum Gasteiger partial charge on any atom is -0.396 e. The molecule has 6 heteroatoms. The van der Waals surface area contributed by atoms with E-state index in [1.807, 2.05) is 0 Å². The second kappa shape index (κ2) is 6.58. The summed E-state index contributed by atoms with van der Waals surface area (Å²) in [6.45, 7) is 3.95. The van der Waals surface area contributed by atoms with Crippen molar-refractivity contribution in [3.05, 3.63) is 11.4 Å². The van der Waals surface area contributed by atoms with E-state index in [9.17, 15) is 5.11 Å². The zero-order chi connectivity index (χ0) is 14.7. The number of rotatable bonds is 7. The van der Waals surface area contributed by atoms with Crippen LogP contribution in [-0.2, 0) is 0 Å². The Bertz CT molecular complexity index is 596. The molecule has 21 heavy (non-hydrogen) atoms. The molecule has 0 unspecified atom stereocenters. The second-order valence-corrected chi connectivity index (χ2v) is 6.29. The van der Waals surface area contributed by atoms with Crippen LogP contribution < -0.4 is 10.2 Å². The third kappa shape index (κ3) is 2.96. The number of aromatic nitrogens is 2. The quantitative estimate of drug-likeness (QED) is 0.823. The van der Waals surface area contributed by atoms with Crippen molar-refractivity contribution < 1.29 is 5.11 Å². The molecule has 0 bridgehead atoms. The van der Waals surface area contributed by atoms with Crippen LogP contribution in [0.4, 0.5) is 11.8 Å². The summed E-state index contributed by atoms with van der Waals surface area (Å²) in [6.07, 6.45) is 4.51. The van der Waals surface area contributed by atoms with E-state index in [0.717, 1.165) is 35.5 Å². The number of nitrogens with one attached hydrogen (secondary N) is 1. The summed E-state index contributed by atoms with van der Waals surface area (Å²) in [6, 6.07) is 2.67. The summed E-state index contributed by atoms with van der Waals surface area (Å²) in [5.41, 5.74) is 0. The predicted molar refractivity (Wildman–Crippen MR) is 88.3 cm³/mol. The number of aliphatic hydroxyl groups excluding tert-OH is 1. The zero-order valence-electron chi connectivity index (χ0n) is 12.4. The van der Waals surface area contributed by atoms with Crippen LogP contribution in [0.15, 0.2) is 11.4 Å². The minimum absolute atomic E-state index is 0.223. The third-order valence-electron chi connectivity index (χ3n) is 3.98. The van der Waals surface area contributed by atoms with Gasteiger partial charge >= 0.3 is 0 Å². The van der Waals surface area contributed by atoms with Crippen molar-refractivity contribution in [2.75, 3.05) is 29.9 Å². The average molecular weight is 306 g/mol. The molecule has 2 aromatic heterocycles. The van der Waals surface area contributed by atoms with Crippen molar-refractivity contribution in [2.24, 2.45) is 0 Å². The van der Waals surface area contributed by atoms with Crippen molar-refractivity contribution in [1.82, 2.24) is 9.97 Å². The molecular weight excluding hydrogens is 284 g/mol. The van der Waals surface area contributed by atoms with Gasteiger partial charge in [-0.25, -0.2) is 4.98 Å². The Kier molecular flexibility index (Phi) is 4.55. The van der Waals surface area contributed by atoms with Gasteiger partial charge in [0.1, 0.15) is 10.6 Å². The van der Waals surface area contributed by atoms with Gasteiger partial charge in [-0.3, -0.25) is 0 Å². The van der Waals surface area contributed by atoms with E-state index in [1.165, 1.54) is 19.3 Å². The van der Waals surface area contributed by atoms with Gasteiger partial charge in [0.25, 0.3) is 0 Å². The molecular formula is C15H22N4OS. The van der Waals surface area contributed by atoms with Crippen LogP contribution in [0, 0.1) is 0 Å². The largest absolute Gasteiger partial charge is 0.396 e. The number of hydrogen-bond acceptors (Lipinski definition) is 6. The van der Waals surface area contributed by atoms with E-state index in [4.69, 9.17) is 4.98 Å². The fraction of sp³-hybridized carbons (Fsp3) is 0.600. The molecule has 0 amide bonds. The minimum atomic E-state index is 0.223. The summed E-state index contributed by atoms with van der Waals surface area (Å²) in [4.78, 5) is 12.7. The summed E-state index contributed by atoms with van der Waals surface area (Å²) >= 11 is 1.65. The number of thiophene rings is 1. The maximum Gasteiger partial charge on any atom is 0.226 e. The lowest BCUT2D eigenvalue weighted by Gasteiger charge is -2.38. The van der Waals surface area contributed by atoms with Crippen LogP contribution in [0.25, 0.3) is 10.2 Å². The van der Waals surface area contributed by atoms with E-state index in [1.54, 1.807) is 11.3 Å². The van der Waals surface area contributed by atoms with Gasteiger partial charge in [-0.05, 0) is 44.1 Å². The molecule has 2 aromatic rings. The Morgan fingerprint density at radius 2 is 2.29 bits per heavy atom. The van der Waals surface area contributed by atoms with Crippen molar-refractivity contribution in [2.45, 2.75) is 38.6 Å². The number of aliphatic hydroxyl groups is 1. The van der Waals surface area contributed by atoms with Crippen LogP contribution in [-0.4, -0.2) is 40.8 Å². The lowest BCUT2D eigenvalue weighted by Crippen LogP contribution is -2.41. The molecule has 1 aliphatic carbocycles. The van der Waals surface area contributed by atoms with Crippen LogP contribution >= 0.6 is 11.3 Å². The SMILES string of the molecule is CCNc1nc(N(CCCO)C2CCC2)c2ccsc2n1. The normalized spacial score (nSPS) is 15.1. The first-order chi connectivity index (χ1) is 10.3. The first-order valence-electron chi connectivity index (χ1n) is 7.70. The number of anilines is 2. The van der Waals surface area contributed by atoms with Crippen LogP contribution in [0.1, 0.15) is 32.6 Å². The van der Waals surface area contributed by atoms with Gasteiger partial charge in [0.05, 0.1) is 5.39 Å². The van der Waals surface area contributed by atoms with Crippen molar-refractivity contribution >= 4 is 33.3 Å². The maximum absolute atomic E-state index is 9.18. The monoisotopic (exact) mass is 306 g/mol. The smallest absolute Gasteiger partial charge is 0.226 e. The van der Waals surface area contributed by atoms with E-state index in [0.29, 0.717) is 12.0 Å². The number of nitrogens with zero attached hydrogens (tertiary/aromatic N) is 3. The molecule has 3 rings (SSSR count). The standard InChI is InChI=1S/C15H22N4OS/c1-2-16-15-17-13(12-7-10-21-14(12)18-15)19(8-4-9-20)11-5-3-6-11/h7,10-11,20H,2-6,8-9H2,1H3,(H,16,17,18). The molecule has 1 fully saturated rings. The van der Waals surface area contributed by atoms with E-state index in [-0.39, 0.29) is 6.61 Å². The second-order valence-electron chi connectivity index (χ2n) is 5.40. The van der Waals surface area contributed by atoms with Crippen molar-refractivity contribution in [3.8, 4) is 0 Å². The molecule has 2 N–H and O–H groups in total. The van der Waals surface area contributed by atoms with Gasteiger partial charge in [0, 0.05) is 25.7 Å². The van der Waals surface area contributed by atoms with Gasteiger partial charge < -0.3 is 15.3 Å². The lowest BCUT2D eigenvalue weighted by atomic mass is 9.91. The molecule has 1 saturated carbocycles. The van der Waals surface area contributed by atoms with Gasteiger partial charge in [0.2, 0.25) is 5.95 Å². The molecule has 1 aliphatic rings. The molecule has 0 atom stereocenters. The fourth-order valence-electron chi connectivity index (χ4n) is 2.70. The average Bonchev–Trinajstić information content (AvgIpc) is 2.89. The highest BCUT2D eigenvalue weighted by Crippen LogP contribution is 2.34. The molecule has 0 aromatic carbocycles. The zero-order valence-corrected chi connectivity index (χ0v) is 13.2. The molecule has 0 spiro atoms. The van der Waals surface area contributed by atoms with Gasteiger partial charge in [0.15, 0.2) is 0 Å². The number of hydrogen-bond donors (Lipinski definition) is 2. The van der Waals surface area contributed by atoms with Crippen molar-refractivity contribution in [1.29, 1.82) is 0 Å². The summed E-state index contributed by atoms with van der Waals surface area (Å²) in [5.74, 6) is 1.73. The van der Waals surface area contributed by atoms with E-state index >= 15 is 0 Å². The first-order valence-corrected chi connectivity index (χ1v) is 8.58. The molecule has 5 nitrogen and oxygen atoms in total. The topological polar surface area (TPSA) is 61.3 Å². The highest BCUT2D eigenvalue weighted by Gasteiger charge is 2.27. The Balaban J connectivity index is 1.99. The summed E-state index contributed by atoms with van der Waals surface area (Å²) < 4.78 is 0. The Morgan fingerprint density at radius 1 is 1.43 bits per heavy atom. The van der Waals surface area contributed by atoms with Gasteiger partial charge in [-0.15, -0.1) is 11.3 Å². The van der Waals surface area contributed by atoms with Crippen molar-refractivity contribution in [3.63, 3.8) is 0 Å². The first kappa shape index (κ1) is 14.5. The van der Waals surface area contributed by atoms with Crippen LogP contribution in [0.2, 0.25) is 0 Å². The predicted octanol–water partition coefficient (Wildman–Crippen LogP) is 2.86. The molecule has 114 valence electrons. The Morgan fingerprint density at radius 3 is 2.95 bits per heavy atom. The Hall–Kier alpha value is -1.40. The summed E-state index contributed by atoms with van der Waals surface area (Å²) in [7, 11) is 0. The van der Waals surface area contributed by atoms with Gasteiger partial charge in [-0.1, -0.05) is 0 Å².